The van der Waals surface area contributed by atoms with Crippen molar-refractivity contribution in [2.24, 2.45) is 0 Å². The molecule has 112 valence electrons. The van der Waals surface area contributed by atoms with Crippen LogP contribution < -0.4 is 4.90 Å². The van der Waals surface area contributed by atoms with Crippen LogP contribution in [-0.2, 0) is 0 Å². The molecule has 0 fully saturated rings. The highest BCUT2D eigenvalue weighted by Gasteiger charge is 2.12. The minimum Gasteiger partial charge on any atom is -0.341 e. The first kappa shape index (κ1) is 15.9. The normalized spacial score (nSPS) is 10.9. The van der Waals surface area contributed by atoms with Crippen molar-refractivity contribution in [2.75, 3.05) is 38.3 Å². The lowest BCUT2D eigenvalue weighted by atomic mass is 10.2. The van der Waals surface area contributed by atoms with E-state index in [0.29, 0.717) is 0 Å². The molecule has 0 aromatic heterocycles. The van der Waals surface area contributed by atoms with Gasteiger partial charge in [-0.3, -0.25) is 0 Å². The lowest BCUT2D eigenvalue weighted by Gasteiger charge is -2.27. The summed E-state index contributed by atoms with van der Waals surface area (Å²) in [6.07, 6.45) is 3.28. The predicted molar refractivity (Wildman–Crippen MR) is 94.8 cm³/mol. The van der Waals surface area contributed by atoms with Crippen LogP contribution in [0.3, 0.4) is 0 Å². The molecule has 2 aromatic carbocycles. The molecule has 2 aromatic rings. The Hall–Kier alpha value is -1.45. The molecule has 2 nitrogen and oxygen atoms in total. The van der Waals surface area contributed by atoms with Crippen LogP contribution in [0.5, 0.6) is 0 Å². The molecule has 0 aliphatic carbocycles. The van der Waals surface area contributed by atoms with Crippen LogP contribution in [0.1, 0.15) is 6.42 Å². The quantitative estimate of drug-likeness (QED) is 0.695. The van der Waals surface area contributed by atoms with Crippen LogP contribution in [0.2, 0.25) is 0 Å². The van der Waals surface area contributed by atoms with E-state index in [4.69, 9.17) is 0 Å². The van der Waals surface area contributed by atoms with Crippen LogP contribution in [0, 0.1) is 0 Å². The average molecular weight is 300 g/mol. The van der Waals surface area contributed by atoms with Gasteiger partial charge >= 0.3 is 0 Å². The smallest absolute Gasteiger partial charge is 0.0548 e. The van der Waals surface area contributed by atoms with E-state index in [0.717, 1.165) is 19.5 Å². The third kappa shape index (κ3) is 4.51. The number of anilines is 2. The summed E-state index contributed by atoms with van der Waals surface area (Å²) in [6, 6.07) is 19.3. The highest BCUT2D eigenvalue weighted by molar-refractivity contribution is 7.98. The largest absolute Gasteiger partial charge is 0.341 e. The van der Waals surface area contributed by atoms with Crippen LogP contribution in [-0.4, -0.2) is 38.3 Å². The molecule has 0 aliphatic heterocycles. The zero-order valence-corrected chi connectivity index (χ0v) is 13.9. The second-order valence-electron chi connectivity index (χ2n) is 5.32. The summed E-state index contributed by atoms with van der Waals surface area (Å²) in [5.41, 5.74) is 2.56. The number of para-hydroxylation sites is 2. The summed E-state index contributed by atoms with van der Waals surface area (Å²) in [5.74, 6) is 0. The van der Waals surface area contributed by atoms with E-state index in [1.54, 1.807) is 11.8 Å². The maximum absolute atomic E-state index is 2.43. The molecule has 0 spiro atoms. The Labute approximate surface area is 132 Å². The summed E-state index contributed by atoms with van der Waals surface area (Å²) in [4.78, 5) is 5.99. The Morgan fingerprint density at radius 2 is 1.52 bits per heavy atom. The lowest BCUT2D eigenvalue weighted by Crippen LogP contribution is -2.23. The molecule has 0 unspecified atom stereocenters. The Kier molecular flexibility index (Phi) is 6.15. The number of rotatable bonds is 7. The molecule has 0 aliphatic rings. The van der Waals surface area contributed by atoms with E-state index < -0.39 is 0 Å². The van der Waals surface area contributed by atoms with Crippen molar-refractivity contribution in [3.05, 3.63) is 54.6 Å². The number of hydrogen-bond donors (Lipinski definition) is 0. The molecular weight excluding hydrogens is 276 g/mol. The van der Waals surface area contributed by atoms with E-state index in [2.05, 4.69) is 84.7 Å². The highest BCUT2D eigenvalue weighted by atomic mass is 32.2. The van der Waals surface area contributed by atoms with Gasteiger partial charge in [-0.05, 0) is 57.6 Å². The molecule has 3 heteroatoms. The van der Waals surface area contributed by atoms with Crippen LogP contribution in [0.4, 0.5) is 11.4 Å². The molecule has 0 saturated carbocycles. The van der Waals surface area contributed by atoms with Gasteiger partial charge in [-0.1, -0.05) is 30.3 Å². The third-order valence-electron chi connectivity index (χ3n) is 3.43. The topological polar surface area (TPSA) is 6.48 Å². The Morgan fingerprint density at radius 3 is 2.19 bits per heavy atom. The Morgan fingerprint density at radius 1 is 0.857 bits per heavy atom. The van der Waals surface area contributed by atoms with Gasteiger partial charge in [0.15, 0.2) is 0 Å². The summed E-state index contributed by atoms with van der Waals surface area (Å²) in [5, 5.41) is 0. The van der Waals surface area contributed by atoms with Gasteiger partial charge < -0.3 is 9.80 Å². The van der Waals surface area contributed by atoms with E-state index in [-0.39, 0.29) is 0 Å². The summed E-state index contributed by atoms with van der Waals surface area (Å²) in [6.45, 7) is 2.13. The molecule has 0 radical (unpaired) electrons. The van der Waals surface area contributed by atoms with Gasteiger partial charge in [-0.25, -0.2) is 0 Å². The maximum Gasteiger partial charge on any atom is 0.0548 e. The van der Waals surface area contributed by atoms with E-state index in [9.17, 15) is 0 Å². The van der Waals surface area contributed by atoms with Gasteiger partial charge in [0.1, 0.15) is 0 Å². The van der Waals surface area contributed by atoms with Gasteiger partial charge in [-0.2, -0.15) is 0 Å². The van der Waals surface area contributed by atoms with Gasteiger partial charge in [0, 0.05) is 17.1 Å². The van der Waals surface area contributed by atoms with Crippen molar-refractivity contribution < 1.29 is 0 Å². The average Bonchev–Trinajstić information content (AvgIpc) is 2.52. The van der Waals surface area contributed by atoms with E-state index in [1.807, 2.05) is 0 Å². The molecule has 0 heterocycles. The maximum atomic E-state index is 2.43. The van der Waals surface area contributed by atoms with Gasteiger partial charge in [0.2, 0.25) is 0 Å². The van der Waals surface area contributed by atoms with Crippen LogP contribution in [0.25, 0.3) is 0 Å². The zero-order valence-electron chi connectivity index (χ0n) is 13.1. The fraction of sp³-hybridized carbons (Fsp3) is 0.333. The highest BCUT2D eigenvalue weighted by Crippen LogP contribution is 2.33. The summed E-state index contributed by atoms with van der Waals surface area (Å²) in [7, 11) is 4.26. The molecule has 2 rings (SSSR count). The standard InChI is InChI=1S/C18H24N2S/c1-19(2)14-9-15-20(16-10-5-4-6-11-16)17-12-7-8-13-18(17)21-3/h4-8,10-13H,9,14-15H2,1-3H3. The Bertz CT molecular complexity index is 540. The molecule has 0 atom stereocenters. The predicted octanol–water partition coefficient (Wildman–Crippen LogP) is 4.50. The van der Waals surface area contributed by atoms with Crippen molar-refractivity contribution >= 4 is 23.1 Å². The first-order valence-electron chi connectivity index (χ1n) is 7.32. The minimum absolute atomic E-state index is 1.03. The monoisotopic (exact) mass is 300 g/mol. The van der Waals surface area contributed by atoms with Crippen LogP contribution >= 0.6 is 11.8 Å². The Balaban J connectivity index is 2.27. The SMILES string of the molecule is CSc1ccccc1N(CCCN(C)C)c1ccccc1. The summed E-state index contributed by atoms with van der Waals surface area (Å²) >= 11 is 1.81. The summed E-state index contributed by atoms with van der Waals surface area (Å²) < 4.78 is 0. The fourth-order valence-electron chi connectivity index (χ4n) is 2.39. The lowest BCUT2D eigenvalue weighted by molar-refractivity contribution is 0.402. The number of nitrogens with zero attached hydrogens (tertiary/aromatic N) is 2. The van der Waals surface area contributed by atoms with Crippen LogP contribution in [0.15, 0.2) is 59.5 Å². The van der Waals surface area contributed by atoms with E-state index in [1.165, 1.54) is 16.3 Å². The molecule has 0 bridgehead atoms. The number of thioether (sulfide) groups is 1. The third-order valence-corrected chi connectivity index (χ3v) is 4.22. The molecule has 0 amide bonds. The second-order valence-corrected chi connectivity index (χ2v) is 6.16. The molecule has 0 saturated heterocycles. The first-order chi connectivity index (χ1) is 10.2. The van der Waals surface area contributed by atoms with Gasteiger partial charge in [0.05, 0.1) is 5.69 Å². The first-order valence-corrected chi connectivity index (χ1v) is 8.55. The number of hydrogen-bond acceptors (Lipinski definition) is 3. The van der Waals surface area contributed by atoms with Crippen molar-refractivity contribution in [1.29, 1.82) is 0 Å². The molecule has 21 heavy (non-hydrogen) atoms. The zero-order chi connectivity index (χ0) is 15.1. The second kappa shape index (κ2) is 8.11. The molecule has 0 N–H and O–H groups in total. The van der Waals surface area contributed by atoms with Gasteiger partial charge in [-0.15, -0.1) is 11.8 Å². The number of benzene rings is 2. The van der Waals surface area contributed by atoms with Crippen molar-refractivity contribution in [2.45, 2.75) is 11.3 Å². The van der Waals surface area contributed by atoms with Crippen molar-refractivity contribution in [1.82, 2.24) is 4.90 Å². The minimum atomic E-state index is 1.03. The van der Waals surface area contributed by atoms with Gasteiger partial charge in [0.25, 0.3) is 0 Å². The molecular formula is C18H24N2S. The van der Waals surface area contributed by atoms with E-state index >= 15 is 0 Å². The van der Waals surface area contributed by atoms with Crippen molar-refractivity contribution in [3.63, 3.8) is 0 Å². The van der Waals surface area contributed by atoms with Crippen molar-refractivity contribution in [3.8, 4) is 0 Å². The fourth-order valence-corrected chi connectivity index (χ4v) is 3.00.